The summed E-state index contributed by atoms with van der Waals surface area (Å²) in [5, 5.41) is 12.9. The highest BCUT2D eigenvalue weighted by Crippen LogP contribution is 2.29. The zero-order chi connectivity index (χ0) is 19.6. The number of anilines is 1. The number of ether oxygens (including phenoxy) is 2. The van der Waals surface area contributed by atoms with Crippen LogP contribution < -0.4 is 20.4 Å². The number of aryl methyl sites for hydroxylation is 1. The Kier molecular flexibility index (Phi) is 5.03. The van der Waals surface area contributed by atoms with Crippen LogP contribution in [0.1, 0.15) is 11.1 Å². The van der Waals surface area contributed by atoms with Crippen molar-refractivity contribution < 1.29 is 23.8 Å². The van der Waals surface area contributed by atoms with Gasteiger partial charge in [-0.25, -0.2) is 4.79 Å². The van der Waals surface area contributed by atoms with E-state index < -0.39 is 11.5 Å². The molecule has 0 radical (unpaired) electrons. The molecule has 1 aromatic heterocycles. The predicted molar refractivity (Wildman–Crippen MR) is 101 cm³/mol. The van der Waals surface area contributed by atoms with Crippen molar-refractivity contribution in [3.63, 3.8) is 0 Å². The zero-order valence-electron chi connectivity index (χ0n) is 15.2. The number of benzene rings is 2. The first kappa shape index (κ1) is 18.3. The Balaban J connectivity index is 1.91. The number of hydrogen-bond donors (Lipinski definition) is 2. The van der Waals surface area contributed by atoms with Crippen LogP contribution in [0.2, 0.25) is 0 Å². The fourth-order valence-electron chi connectivity index (χ4n) is 2.85. The number of fused-ring (bicyclic) bond motifs is 1. The van der Waals surface area contributed by atoms with Crippen molar-refractivity contribution in [3.8, 4) is 17.2 Å². The number of amides is 1. The molecule has 0 aliphatic carbocycles. The van der Waals surface area contributed by atoms with E-state index in [1.165, 1.54) is 26.4 Å². The number of aromatic hydroxyl groups is 1. The number of hydrogen-bond acceptors (Lipinski definition) is 6. The quantitative estimate of drug-likeness (QED) is 0.671. The van der Waals surface area contributed by atoms with Crippen LogP contribution in [0, 0.1) is 6.92 Å². The molecule has 7 heteroatoms. The molecule has 0 aliphatic heterocycles. The summed E-state index contributed by atoms with van der Waals surface area (Å²) in [7, 11) is 3.02. The van der Waals surface area contributed by atoms with Crippen molar-refractivity contribution in [1.29, 1.82) is 0 Å². The normalized spacial score (nSPS) is 10.6. The van der Waals surface area contributed by atoms with E-state index in [4.69, 9.17) is 13.9 Å². The van der Waals surface area contributed by atoms with Crippen LogP contribution in [0.4, 0.5) is 5.69 Å². The van der Waals surface area contributed by atoms with Gasteiger partial charge in [-0.15, -0.1) is 0 Å². The maximum atomic E-state index is 12.5. The van der Waals surface area contributed by atoms with Crippen LogP contribution in [0.3, 0.4) is 0 Å². The number of carbonyl (C=O) groups excluding carboxylic acids is 1. The van der Waals surface area contributed by atoms with E-state index >= 15 is 0 Å². The van der Waals surface area contributed by atoms with Crippen LogP contribution in [-0.2, 0) is 11.2 Å². The molecule has 0 saturated carbocycles. The molecule has 7 nitrogen and oxygen atoms in total. The van der Waals surface area contributed by atoms with Crippen molar-refractivity contribution in [3.05, 3.63) is 57.9 Å². The lowest BCUT2D eigenvalue weighted by atomic mass is 10.0. The highest BCUT2D eigenvalue weighted by atomic mass is 16.5. The smallest absolute Gasteiger partial charge is 0.340 e. The Morgan fingerprint density at radius 1 is 1.15 bits per heavy atom. The Labute approximate surface area is 155 Å². The molecule has 0 atom stereocenters. The number of carbonyl (C=O) groups is 1. The van der Waals surface area contributed by atoms with Crippen LogP contribution in [0.25, 0.3) is 11.0 Å². The van der Waals surface area contributed by atoms with Crippen molar-refractivity contribution in [1.82, 2.24) is 0 Å². The van der Waals surface area contributed by atoms with Gasteiger partial charge >= 0.3 is 5.63 Å². The fraction of sp³-hybridized carbons (Fsp3) is 0.200. The molecule has 2 N–H and O–H groups in total. The molecule has 2 aromatic carbocycles. The molecule has 0 spiro atoms. The van der Waals surface area contributed by atoms with E-state index in [-0.39, 0.29) is 23.3 Å². The van der Waals surface area contributed by atoms with E-state index in [2.05, 4.69) is 5.32 Å². The Morgan fingerprint density at radius 2 is 1.93 bits per heavy atom. The van der Waals surface area contributed by atoms with Gasteiger partial charge in [0.25, 0.3) is 0 Å². The van der Waals surface area contributed by atoms with Gasteiger partial charge in [-0.3, -0.25) is 4.79 Å². The summed E-state index contributed by atoms with van der Waals surface area (Å²) in [6.07, 6.45) is -0.161. The molecule has 0 bridgehead atoms. The molecule has 3 rings (SSSR count). The summed E-state index contributed by atoms with van der Waals surface area (Å²) in [6.45, 7) is 1.74. The summed E-state index contributed by atoms with van der Waals surface area (Å²) in [6, 6.07) is 9.54. The third kappa shape index (κ3) is 3.72. The largest absolute Gasteiger partial charge is 0.508 e. The van der Waals surface area contributed by atoms with E-state index in [0.29, 0.717) is 28.1 Å². The lowest BCUT2D eigenvalue weighted by molar-refractivity contribution is -0.115. The number of methoxy groups -OCH3 is 2. The number of phenolic OH excluding ortho intramolecular Hbond substituents is 1. The Hall–Kier alpha value is -3.48. The first-order chi connectivity index (χ1) is 12.9. The van der Waals surface area contributed by atoms with Gasteiger partial charge < -0.3 is 24.3 Å². The van der Waals surface area contributed by atoms with Crippen LogP contribution in [0.5, 0.6) is 17.2 Å². The molecule has 1 amide bonds. The van der Waals surface area contributed by atoms with E-state index in [1.807, 2.05) is 0 Å². The number of phenols is 1. The molecule has 3 aromatic rings. The minimum absolute atomic E-state index is 0.000614. The topological polar surface area (TPSA) is 98.0 Å². The fourth-order valence-corrected chi connectivity index (χ4v) is 2.85. The summed E-state index contributed by atoms with van der Waals surface area (Å²) in [5.74, 6) is 0.643. The van der Waals surface area contributed by atoms with Gasteiger partial charge in [0, 0.05) is 17.5 Å². The third-order valence-electron chi connectivity index (χ3n) is 4.29. The van der Waals surface area contributed by atoms with Gasteiger partial charge in [0.2, 0.25) is 5.91 Å². The Bertz CT molecular complexity index is 1070. The second-order valence-corrected chi connectivity index (χ2v) is 5.96. The molecule has 0 saturated heterocycles. The lowest BCUT2D eigenvalue weighted by Crippen LogP contribution is -2.21. The van der Waals surface area contributed by atoms with Gasteiger partial charge in [-0.2, -0.15) is 0 Å². The lowest BCUT2D eigenvalue weighted by Gasteiger charge is -2.12. The molecule has 27 heavy (non-hydrogen) atoms. The Morgan fingerprint density at radius 3 is 2.63 bits per heavy atom. The molecule has 140 valence electrons. The maximum absolute atomic E-state index is 12.5. The van der Waals surface area contributed by atoms with Gasteiger partial charge in [-0.05, 0) is 36.8 Å². The minimum atomic E-state index is -0.613. The molecule has 1 heterocycles. The monoisotopic (exact) mass is 369 g/mol. The van der Waals surface area contributed by atoms with Crippen molar-refractivity contribution >= 4 is 22.6 Å². The molecular formula is C20H19NO6. The summed E-state index contributed by atoms with van der Waals surface area (Å²) >= 11 is 0. The molecule has 0 aliphatic rings. The number of rotatable bonds is 5. The van der Waals surface area contributed by atoms with Crippen molar-refractivity contribution in [2.75, 3.05) is 19.5 Å². The molecule has 0 unspecified atom stereocenters. The average Bonchev–Trinajstić information content (AvgIpc) is 2.64. The molecular weight excluding hydrogens is 350 g/mol. The zero-order valence-corrected chi connectivity index (χ0v) is 15.2. The van der Waals surface area contributed by atoms with Gasteiger partial charge in [0.15, 0.2) is 0 Å². The van der Waals surface area contributed by atoms with Crippen LogP contribution in [0.15, 0.2) is 45.6 Å². The SMILES string of the molecule is COc1ccc(OC)c(NC(=O)Cc2c(C)c3ccc(O)cc3oc2=O)c1. The highest BCUT2D eigenvalue weighted by Gasteiger charge is 2.17. The standard InChI is InChI=1S/C20H19NO6/c1-11-14-6-4-12(22)8-18(14)27-20(24)15(11)10-19(23)21-16-9-13(25-2)5-7-17(16)26-3/h4-9,22H,10H2,1-3H3,(H,21,23). The first-order valence-corrected chi connectivity index (χ1v) is 8.20. The van der Waals surface area contributed by atoms with Gasteiger partial charge in [0.1, 0.15) is 22.8 Å². The maximum Gasteiger partial charge on any atom is 0.340 e. The van der Waals surface area contributed by atoms with Crippen LogP contribution >= 0.6 is 0 Å². The van der Waals surface area contributed by atoms with E-state index in [9.17, 15) is 14.7 Å². The number of nitrogens with one attached hydrogen (secondary N) is 1. The predicted octanol–water partition coefficient (Wildman–Crippen LogP) is 3.01. The second kappa shape index (κ2) is 7.41. The third-order valence-corrected chi connectivity index (χ3v) is 4.29. The van der Waals surface area contributed by atoms with Gasteiger partial charge in [0.05, 0.1) is 31.9 Å². The van der Waals surface area contributed by atoms with Crippen LogP contribution in [-0.4, -0.2) is 25.2 Å². The van der Waals surface area contributed by atoms with E-state index in [1.54, 1.807) is 31.2 Å². The highest BCUT2D eigenvalue weighted by molar-refractivity contribution is 5.95. The summed E-state index contributed by atoms with van der Waals surface area (Å²) < 4.78 is 15.6. The average molecular weight is 369 g/mol. The molecule has 0 fully saturated rings. The summed E-state index contributed by atoms with van der Waals surface area (Å²) in [5.41, 5.74) is 0.991. The minimum Gasteiger partial charge on any atom is -0.508 e. The summed E-state index contributed by atoms with van der Waals surface area (Å²) in [4.78, 5) is 24.8. The van der Waals surface area contributed by atoms with E-state index in [0.717, 1.165) is 0 Å². The van der Waals surface area contributed by atoms with Crippen molar-refractivity contribution in [2.45, 2.75) is 13.3 Å². The van der Waals surface area contributed by atoms with Gasteiger partial charge in [-0.1, -0.05) is 0 Å². The first-order valence-electron chi connectivity index (χ1n) is 8.20. The second-order valence-electron chi connectivity index (χ2n) is 5.96. The van der Waals surface area contributed by atoms with Crippen molar-refractivity contribution in [2.24, 2.45) is 0 Å².